The zero-order valence-electron chi connectivity index (χ0n) is 17.6. The predicted molar refractivity (Wildman–Crippen MR) is 128 cm³/mol. The molecule has 0 saturated heterocycles. The van der Waals surface area contributed by atoms with Gasteiger partial charge in [-0.15, -0.1) is 0 Å². The highest BCUT2D eigenvalue weighted by molar-refractivity contribution is 7.22. The maximum Gasteiger partial charge on any atom is 0.307 e. The molecule has 0 unspecified atom stereocenters. The lowest BCUT2D eigenvalue weighted by molar-refractivity contribution is -0.142. The van der Waals surface area contributed by atoms with Gasteiger partial charge in [0.05, 0.1) is 16.1 Å². The van der Waals surface area contributed by atoms with Crippen molar-refractivity contribution in [1.82, 2.24) is 4.98 Å². The molecule has 1 fully saturated rings. The topological polar surface area (TPSA) is 79.3 Å². The van der Waals surface area contributed by atoms with Crippen LogP contribution in [0.15, 0.2) is 66.7 Å². The van der Waals surface area contributed by atoms with Gasteiger partial charge in [-0.25, -0.2) is 9.37 Å². The zero-order valence-corrected chi connectivity index (χ0v) is 18.4. The SMILES string of the molecule is O=C(O)[C@H]1CCC[C@@H]1C(=O)c1ccc(-c2ccc(Nc3nc4ccc(F)cc4s3)cc2)cc1. The number of carbonyl (C=O) groups excluding carboxylic acids is 1. The maximum atomic E-state index is 13.4. The van der Waals surface area contributed by atoms with Gasteiger partial charge in [-0.05, 0) is 54.3 Å². The van der Waals surface area contributed by atoms with Crippen molar-refractivity contribution in [3.05, 3.63) is 78.1 Å². The molecule has 0 radical (unpaired) electrons. The van der Waals surface area contributed by atoms with E-state index in [1.165, 1.54) is 23.5 Å². The molecule has 1 aliphatic carbocycles. The first-order valence-corrected chi connectivity index (χ1v) is 11.6. The maximum absolute atomic E-state index is 13.4. The van der Waals surface area contributed by atoms with Gasteiger partial charge in [0.2, 0.25) is 0 Å². The molecule has 2 atom stereocenters. The number of fused-ring (bicyclic) bond motifs is 1. The fourth-order valence-electron chi connectivity index (χ4n) is 4.43. The Hall–Kier alpha value is -3.58. The molecule has 1 aromatic heterocycles. The fourth-order valence-corrected chi connectivity index (χ4v) is 5.34. The highest BCUT2D eigenvalue weighted by atomic mass is 32.1. The summed E-state index contributed by atoms with van der Waals surface area (Å²) >= 11 is 1.39. The average Bonchev–Trinajstić information content (AvgIpc) is 3.46. The number of rotatable bonds is 6. The lowest BCUT2D eigenvalue weighted by Crippen LogP contribution is -2.25. The molecule has 2 N–H and O–H groups in total. The van der Waals surface area contributed by atoms with Gasteiger partial charge in [0.1, 0.15) is 5.82 Å². The molecule has 0 amide bonds. The van der Waals surface area contributed by atoms with E-state index >= 15 is 0 Å². The molecule has 7 heteroatoms. The van der Waals surface area contributed by atoms with E-state index < -0.39 is 17.8 Å². The largest absolute Gasteiger partial charge is 0.481 e. The molecule has 33 heavy (non-hydrogen) atoms. The standard InChI is InChI=1S/C26H21FN2O3S/c27-18-10-13-22-23(14-18)33-26(29-22)28-19-11-8-16(9-12-19)15-4-6-17(7-5-15)24(30)20-2-1-3-21(20)25(31)32/h4-14,20-21H,1-3H2,(H,28,29)(H,31,32)/t20-,21-/m0/s1. The number of aliphatic carboxylic acids is 1. The van der Waals surface area contributed by atoms with Crippen molar-refractivity contribution in [3.63, 3.8) is 0 Å². The minimum absolute atomic E-state index is 0.0817. The summed E-state index contributed by atoms with van der Waals surface area (Å²) in [5.74, 6) is -2.25. The molecule has 166 valence electrons. The number of carboxylic acids is 1. The van der Waals surface area contributed by atoms with E-state index in [-0.39, 0.29) is 11.6 Å². The predicted octanol–water partition coefficient (Wildman–Crippen LogP) is 6.53. The first-order chi connectivity index (χ1) is 16.0. The van der Waals surface area contributed by atoms with Gasteiger partial charge < -0.3 is 10.4 Å². The Kier molecular flexibility index (Phi) is 5.64. The Bertz CT molecular complexity index is 1330. The van der Waals surface area contributed by atoms with Crippen LogP contribution in [-0.4, -0.2) is 21.8 Å². The molecule has 1 saturated carbocycles. The molecule has 4 aromatic rings. The number of carboxylic acid groups (broad SMARTS) is 1. The van der Waals surface area contributed by atoms with E-state index in [0.717, 1.165) is 33.5 Å². The van der Waals surface area contributed by atoms with Gasteiger partial charge in [-0.2, -0.15) is 0 Å². The number of benzene rings is 3. The number of carbonyl (C=O) groups is 2. The molecular weight excluding hydrogens is 439 g/mol. The third-order valence-corrected chi connectivity index (χ3v) is 7.09. The molecular formula is C26H21FN2O3S. The van der Waals surface area contributed by atoms with Crippen LogP contribution in [-0.2, 0) is 4.79 Å². The molecule has 3 aromatic carbocycles. The lowest BCUT2D eigenvalue weighted by atomic mass is 9.88. The van der Waals surface area contributed by atoms with Crippen LogP contribution in [0.4, 0.5) is 15.2 Å². The van der Waals surface area contributed by atoms with E-state index in [2.05, 4.69) is 10.3 Å². The number of hydrogen-bond acceptors (Lipinski definition) is 5. The third kappa shape index (κ3) is 4.36. The summed E-state index contributed by atoms with van der Waals surface area (Å²) in [5.41, 5.74) is 4.14. The fraction of sp³-hybridized carbons (Fsp3) is 0.192. The Morgan fingerprint density at radius 3 is 2.30 bits per heavy atom. The molecule has 1 heterocycles. The minimum atomic E-state index is -0.880. The van der Waals surface area contributed by atoms with Crippen molar-refractivity contribution in [1.29, 1.82) is 0 Å². The van der Waals surface area contributed by atoms with E-state index in [1.807, 2.05) is 36.4 Å². The summed E-state index contributed by atoms with van der Waals surface area (Å²) in [7, 11) is 0. The van der Waals surface area contributed by atoms with Crippen LogP contribution in [0.1, 0.15) is 29.6 Å². The van der Waals surface area contributed by atoms with Crippen LogP contribution < -0.4 is 5.32 Å². The summed E-state index contributed by atoms with van der Waals surface area (Å²) in [5, 5.41) is 13.3. The van der Waals surface area contributed by atoms with Gasteiger partial charge in [0, 0.05) is 17.2 Å². The summed E-state index contributed by atoms with van der Waals surface area (Å²) < 4.78 is 14.2. The smallest absolute Gasteiger partial charge is 0.307 e. The van der Waals surface area contributed by atoms with Crippen LogP contribution in [0.25, 0.3) is 21.3 Å². The van der Waals surface area contributed by atoms with E-state index in [1.54, 1.807) is 18.2 Å². The molecule has 1 aliphatic rings. The van der Waals surface area contributed by atoms with Crippen molar-refractivity contribution in [2.24, 2.45) is 11.8 Å². The van der Waals surface area contributed by atoms with E-state index in [9.17, 15) is 19.1 Å². The molecule has 0 aliphatic heterocycles. The van der Waals surface area contributed by atoms with Crippen LogP contribution in [0.5, 0.6) is 0 Å². The average molecular weight is 461 g/mol. The van der Waals surface area contributed by atoms with Crippen LogP contribution in [0.2, 0.25) is 0 Å². The second-order valence-corrected chi connectivity index (χ2v) is 9.29. The van der Waals surface area contributed by atoms with Gasteiger partial charge in [0.25, 0.3) is 0 Å². The number of halogens is 1. The summed E-state index contributed by atoms with van der Waals surface area (Å²) in [6.45, 7) is 0. The Balaban J connectivity index is 1.29. The number of nitrogens with one attached hydrogen (secondary N) is 1. The highest BCUT2D eigenvalue weighted by Crippen LogP contribution is 2.35. The number of anilines is 2. The minimum Gasteiger partial charge on any atom is -0.481 e. The number of ketones is 1. The summed E-state index contributed by atoms with van der Waals surface area (Å²) in [6.07, 6.45) is 1.98. The number of Topliss-reactive ketones (excluding diaryl/α,β-unsaturated/α-hetero) is 1. The van der Waals surface area contributed by atoms with Crippen molar-refractivity contribution in [2.75, 3.05) is 5.32 Å². The first kappa shape index (κ1) is 21.3. The van der Waals surface area contributed by atoms with Gasteiger partial charge in [-0.1, -0.05) is 54.2 Å². The molecule has 5 nitrogen and oxygen atoms in total. The number of hydrogen-bond donors (Lipinski definition) is 2. The van der Waals surface area contributed by atoms with Crippen molar-refractivity contribution in [2.45, 2.75) is 19.3 Å². The normalized spacial score (nSPS) is 17.8. The number of aromatic nitrogens is 1. The van der Waals surface area contributed by atoms with Crippen LogP contribution >= 0.6 is 11.3 Å². The monoisotopic (exact) mass is 460 g/mol. The van der Waals surface area contributed by atoms with Gasteiger partial charge in [-0.3, -0.25) is 9.59 Å². The lowest BCUT2D eigenvalue weighted by Gasteiger charge is -2.14. The highest BCUT2D eigenvalue weighted by Gasteiger charge is 2.37. The molecule has 0 spiro atoms. The Morgan fingerprint density at radius 2 is 1.61 bits per heavy atom. The van der Waals surface area contributed by atoms with Gasteiger partial charge >= 0.3 is 5.97 Å². The van der Waals surface area contributed by atoms with Crippen molar-refractivity contribution >= 4 is 44.1 Å². The van der Waals surface area contributed by atoms with Crippen LogP contribution in [0.3, 0.4) is 0 Å². The van der Waals surface area contributed by atoms with Crippen molar-refractivity contribution < 1.29 is 19.1 Å². The zero-order chi connectivity index (χ0) is 22.9. The van der Waals surface area contributed by atoms with Crippen LogP contribution in [0, 0.1) is 17.7 Å². The van der Waals surface area contributed by atoms with E-state index in [0.29, 0.717) is 23.5 Å². The summed E-state index contributed by atoms with van der Waals surface area (Å²) in [6, 6.07) is 19.7. The Morgan fingerprint density at radius 1 is 0.939 bits per heavy atom. The molecule has 5 rings (SSSR count). The van der Waals surface area contributed by atoms with E-state index in [4.69, 9.17) is 0 Å². The second kappa shape index (κ2) is 8.75. The van der Waals surface area contributed by atoms with Crippen molar-refractivity contribution in [3.8, 4) is 11.1 Å². The summed E-state index contributed by atoms with van der Waals surface area (Å²) in [4.78, 5) is 28.7. The molecule has 0 bridgehead atoms. The quantitative estimate of drug-likeness (QED) is 0.320. The number of nitrogens with zero attached hydrogens (tertiary/aromatic N) is 1. The first-order valence-electron chi connectivity index (χ1n) is 10.8. The van der Waals surface area contributed by atoms with Gasteiger partial charge in [0.15, 0.2) is 10.9 Å². The third-order valence-electron chi connectivity index (χ3n) is 6.16. The second-order valence-electron chi connectivity index (χ2n) is 8.26. The number of thiazole rings is 1. The Labute approximate surface area is 193 Å².